The summed E-state index contributed by atoms with van der Waals surface area (Å²) in [4.78, 5) is 13.5. The largest absolute Gasteiger partial charge is 0.342 e. The number of carbonyl (C=O) groups is 1. The number of halogens is 1. The van der Waals surface area contributed by atoms with Crippen LogP contribution in [-0.2, 0) is 0 Å². The van der Waals surface area contributed by atoms with E-state index in [1.165, 1.54) is 12.1 Å². The molecule has 2 nitrogen and oxygen atoms in total. The first kappa shape index (κ1) is 13.7. The van der Waals surface area contributed by atoms with Crippen LogP contribution >= 0.6 is 0 Å². The second-order valence-corrected chi connectivity index (χ2v) is 4.74. The molecule has 1 aromatic rings. The molecular formula is C14H20FNO. The lowest BCUT2D eigenvalue weighted by Crippen LogP contribution is -2.28. The van der Waals surface area contributed by atoms with E-state index >= 15 is 0 Å². The van der Waals surface area contributed by atoms with E-state index in [9.17, 15) is 9.18 Å². The standard InChI is InChI=1S/C14H20FNO/c1-11(2)7-6-10-16(3)14(17)12-8-4-5-9-13(12)15/h4-5,8-9,11H,6-7,10H2,1-3H3. The summed E-state index contributed by atoms with van der Waals surface area (Å²) < 4.78 is 13.4. The highest BCUT2D eigenvalue weighted by Gasteiger charge is 2.14. The normalized spacial score (nSPS) is 10.6. The molecule has 0 aliphatic heterocycles. The first-order valence-corrected chi connectivity index (χ1v) is 6.02. The third-order valence-electron chi connectivity index (χ3n) is 2.73. The Labute approximate surface area is 102 Å². The van der Waals surface area contributed by atoms with Gasteiger partial charge in [-0.15, -0.1) is 0 Å². The summed E-state index contributed by atoms with van der Waals surface area (Å²) in [5.41, 5.74) is 0.152. The minimum absolute atomic E-state index is 0.152. The molecule has 0 heterocycles. The zero-order valence-corrected chi connectivity index (χ0v) is 10.7. The van der Waals surface area contributed by atoms with Crippen molar-refractivity contribution >= 4 is 5.91 Å². The molecule has 17 heavy (non-hydrogen) atoms. The molecule has 1 aromatic carbocycles. The number of amides is 1. The third-order valence-corrected chi connectivity index (χ3v) is 2.73. The molecule has 0 atom stereocenters. The van der Waals surface area contributed by atoms with E-state index in [2.05, 4.69) is 13.8 Å². The van der Waals surface area contributed by atoms with Crippen LogP contribution in [0.5, 0.6) is 0 Å². The SMILES string of the molecule is CC(C)CCCN(C)C(=O)c1ccccc1F. The zero-order valence-electron chi connectivity index (χ0n) is 10.7. The zero-order chi connectivity index (χ0) is 12.8. The molecule has 1 rings (SSSR count). The number of hydrogen-bond donors (Lipinski definition) is 0. The van der Waals surface area contributed by atoms with Gasteiger partial charge in [0, 0.05) is 13.6 Å². The molecule has 0 saturated carbocycles. The number of hydrogen-bond acceptors (Lipinski definition) is 1. The van der Waals surface area contributed by atoms with Crippen LogP contribution in [0, 0.1) is 11.7 Å². The number of nitrogens with zero attached hydrogens (tertiary/aromatic N) is 1. The van der Waals surface area contributed by atoms with Crippen molar-refractivity contribution < 1.29 is 9.18 Å². The molecule has 0 unspecified atom stereocenters. The van der Waals surface area contributed by atoms with Gasteiger partial charge in [-0.25, -0.2) is 4.39 Å². The minimum atomic E-state index is -0.451. The fourth-order valence-electron chi connectivity index (χ4n) is 1.68. The molecule has 0 aliphatic rings. The van der Waals surface area contributed by atoms with Gasteiger partial charge in [0.15, 0.2) is 0 Å². The van der Waals surface area contributed by atoms with Crippen LogP contribution in [0.15, 0.2) is 24.3 Å². The fraction of sp³-hybridized carbons (Fsp3) is 0.500. The van der Waals surface area contributed by atoms with E-state index < -0.39 is 5.82 Å². The second kappa shape index (κ2) is 6.38. The highest BCUT2D eigenvalue weighted by Crippen LogP contribution is 2.10. The number of carbonyl (C=O) groups excluding carboxylic acids is 1. The quantitative estimate of drug-likeness (QED) is 0.769. The fourth-order valence-corrected chi connectivity index (χ4v) is 1.68. The van der Waals surface area contributed by atoms with Crippen LogP contribution in [0.1, 0.15) is 37.0 Å². The second-order valence-electron chi connectivity index (χ2n) is 4.74. The summed E-state index contributed by atoms with van der Waals surface area (Å²) >= 11 is 0. The summed E-state index contributed by atoms with van der Waals surface area (Å²) in [5, 5.41) is 0. The Morgan fingerprint density at radius 2 is 2.00 bits per heavy atom. The maximum Gasteiger partial charge on any atom is 0.256 e. The lowest BCUT2D eigenvalue weighted by Gasteiger charge is -2.18. The molecular weight excluding hydrogens is 217 g/mol. The monoisotopic (exact) mass is 237 g/mol. The van der Waals surface area contributed by atoms with E-state index in [4.69, 9.17) is 0 Å². The Kier molecular flexibility index (Phi) is 5.13. The Bertz CT molecular complexity index is 376. The van der Waals surface area contributed by atoms with Crippen molar-refractivity contribution in [1.29, 1.82) is 0 Å². The van der Waals surface area contributed by atoms with Gasteiger partial charge in [-0.3, -0.25) is 4.79 Å². The van der Waals surface area contributed by atoms with E-state index in [-0.39, 0.29) is 11.5 Å². The maximum absolute atomic E-state index is 13.4. The van der Waals surface area contributed by atoms with Crippen molar-refractivity contribution in [3.8, 4) is 0 Å². The van der Waals surface area contributed by atoms with E-state index in [1.54, 1.807) is 24.1 Å². The van der Waals surface area contributed by atoms with E-state index in [0.717, 1.165) is 12.8 Å². The molecule has 0 aliphatic carbocycles. The lowest BCUT2D eigenvalue weighted by atomic mass is 10.1. The number of benzene rings is 1. The summed E-state index contributed by atoms with van der Waals surface area (Å²) in [6, 6.07) is 6.11. The van der Waals surface area contributed by atoms with Crippen LogP contribution in [0.2, 0.25) is 0 Å². The highest BCUT2D eigenvalue weighted by atomic mass is 19.1. The van der Waals surface area contributed by atoms with Gasteiger partial charge in [0.1, 0.15) is 5.82 Å². The first-order chi connectivity index (χ1) is 8.02. The molecule has 0 saturated heterocycles. The Balaban J connectivity index is 2.55. The molecule has 0 aromatic heterocycles. The van der Waals surface area contributed by atoms with Crippen molar-refractivity contribution in [3.05, 3.63) is 35.6 Å². The van der Waals surface area contributed by atoms with Crippen molar-refractivity contribution in [2.24, 2.45) is 5.92 Å². The average molecular weight is 237 g/mol. The van der Waals surface area contributed by atoms with Crippen molar-refractivity contribution in [1.82, 2.24) is 4.90 Å². The van der Waals surface area contributed by atoms with Crippen LogP contribution in [0.25, 0.3) is 0 Å². The molecule has 0 N–H and O–H groups in total. The van der Waals surface area contributed by atoms with Gasteiger partial charge in [0.05, 0.1) is 5.56 Å². The molecule has 0 radical (unpaired) electrons. The van der Waals surface area contributed by atoms with E-state index in [1.807, 2.05) is 0 Å². The van der Waals surface area contributed by atoms with Crippen LogP contribution in [0.3, 0.4) is 0 Å². The smallest absolute Gasteiger partial charge is 0.256 e. The average Bonchev–Trinajstić information content (AvgIpc) is 2.28. The molecule has 94 valence electrons. The van der Waals surface area contributed by atoms with Gasteiger partial charge in [0.2, 0.25) is 0 Å². The summed E-state index contributed by atoms with van der Waals surface area (Å²) in [6.45, 7) is 4.97. The van der Waals surface area contributed by atoms with Crippen LogP contribution in [-0.4, -0.2) is 24.4 Å². The Morgan fingerprint density at radius 3 is 2.59 bits per heavy atom. The molecule has 3 heteroatoms. The lowest BCUT2D eigenvalue weighted by molar-refractivity contribution is 0.0787. The highest BCUT2D eigenvalue weighted by molar-refractivity contribution is 5.94. The topological polar surface area (TPSA) is 20.3 Å². The van der Waals surface area contributed by atoms with E-state index in [0.29, 0.717) is 12.5 Å². The predicted molar refractivity (Wildman–Crippen MR) is 67.4 cm³/mol. The van der Waals surface area contributed by atoms with Gasteiger partial charge >= 0.3 is 0 Å². The van der Waals surface area contributed by atoms with Crippen LogP contribution < -0.4 is 0 Å². The van der Waals surface area contributed by atoms with Crippen molar-refractivity contribution in [3.63, 3.8) is 0 Å². The molecule has 0 fully saturated rings. The first-order valence-electron chi connectivity index (χ1n) is 6.02. The van der Waals surface area contributed by atoms with Crippen LogP contribution in [0.4, 0.5) is 4.39 Å². The number of rotatable bonds is 5. The molecule has 1 amide bonds. The van der Waals surface area contributed by atoms with Crippen molar-refractivity contribution in [2.75, 3.05) is 13.6 Å². The van der Waals surface area contributed by atoms with Gasteiger partial charge < -0.3 is 4.90 Å². The van der Waals surface area contributed by atoms with Gasteiger partial charge in [-0.05, 0) is 30.9 Å². The summed E-state index contributed by atoms with van der Waals surface area (Å²) in [6.07, 6.45) is 2.03. The molecule has 0 bridgehead atoms. The third kappa shape index (κ3) is 4.17. The Hall–Kier alpha value is -1.38. The van der Waals surface area contributed by atoms with Gasteiger partial charge in [-0.2, -0.15) is 0 Å². The van der Waals surface area contributed by atoms with Gasteiger partial charge in [-0.1, -0.05) is 26.0 Å². The minimum Gasteiger partial charge on any atom is -0.342 e. The summed E-state index contributed by atoms with van der Waals surface area (Å²) in [7, 11) is 1.72. The van der Waals surface area contributed by atoms with Gasteiger partial charge in [0.25, 0.3) is 5.91 Å². The molecule has 0 spiro atoms. The Morgan fingerprint density at radius 1 is 1.35 bits per heavy atom. The maximum atomic E-state index is 13.4. The predicted octanol–water partition coefficient (Wildman–Crippen LogP) is 3.33. The summed E-state index contributed by atoms with van der Waals surface area (Å²) in [5.74, 6) is -0.0629. The van der Waals surface area contributed by atoms with Crippen molar-refractivity contribution in [2.45, 2.75) is 26.7 Å².